The van der Waals surface area contributed by atoms with Gasteiger partial charge in [-0.05, 0) is 25.0 Å². The van der Waals surface area contributed by atoms with Gasteiger partial charge in [-0.15, -0.1) is 0 Å². The summed E-state index contributed by atoms with van der Waals surface area (Å²) in [6.07, 6.45) is 3.57. The first-order valence-corrected chi connectivity index (χ1v) is 6.49. The van der Waals surface area contributed by atoms with E-state index >= 15 is 0 Å². The van der Waals surface area contributed by atoms with Crippen molar-refractivity contribution in [3.05, 3.63) is 54.1 Å². The molecule has 20 heavy (non-hydrogen) atoms. The Balaban J connectivity index is 2.29. The van der Waals surface area contributed by atoms with E-state index < -0.39 is 5.97 Å². The van der Waals surface area contributed by atoms with Crippen LogP contribution >= 0.6 is 0 Å². The highest BCUT2D eigenvalue weighted by molar-refractivity contribution is 5.92. The molecule has 0 aromatic heterocycles. The Labute approximate surface area is 119 Å². The summed E-state index contributed by atoms with van der Waals surface area (Å²) in [6, 6.07) is 9.54. The molecule has 0 fully saturated rings. The highest BCUT2D eigenvalue weighted by atomic mass is 16.5. The third-order valence-corrected chi connectivity index (χ3v) is 2.52. The molecule has 0 aliphatic rings. The number of ether oxygens (including phenoxy) is 1. The van der Waals surface area contributed by atoms with Gasteiger partial charge in [-0.3, -0.25) is 4.79 Å². The quantitative estimate of drug-likeness (QED) is 0.612. The van der Waals surface area contributed by atoms with Crippen LogP contribution in [0.1, 0.15) is 18.9 Å². The topological polar surface area (TPSA) is 55.4 Å². The van der Waals surface area contributed by atoms with Crippen LogP contribution in [0.2, 0.25) is 0 Å². The molecule has 1 aromatic carbocycles. The number of hydrogen-bond donors (Lipinski definition) is 1. The van der Waals surface area contributed by atoms with Gasteiger partial charge in [0.05, 0.1) is 6.61 Å². The molecule has 0 aliphatic carbocycles. The normalized spacial score (nSPS) is 10.2. The van der Waals surface area contributed by atoms with Crippen molar-refractivity contribution in [3.63, 3.8) is 0 Å². The molecule has 0 bridgehead atoms. The van der Waals surface area contributed by atoms with Crippen molar-refractivity contribution in [2.75, 3.05) is 13.2 Å². The van der Waals surface area contributed by atoms with E-state index in [2.05, 4.69) is 11.9 Å². The van der Waals surface area contributed by atoms with Crippen molar-refractivity contribution in [1.29, 1.82) is 0 Å². The zero-order valence-corrected chi connectivity index (χ0v) is 11.6. The second-order valence-corrected chi connectivity index (χ2v) is 4.11. The smallest absolute Gasteiger partial charge is 0.333 e. The van der Waals surface area contributed by atoms with Crippen LogP contribution in [0.5, 0.6) is 0 Å². The maximum atomic E-state index is 11.5. The summed E-state index contributed by atoms with van der Waals surface area (Å²) >= 11 is 0. The van der Waals surface area contributed by atoms with Crippen molar-refractivity contribution < 1.29 is 14.3 Å². The first kappa shape index (κ1) is 15.7. The average Bonchev–Trinajstić information content (AvgIpc) is 2.46. The highest BCUT2D eigenvalue weighted by Crippen LogP contribution is 2.01. The molecule has 0 saturated heterocycles. The minimum absolute atomic E-state index is 0.203. The van der Waals surface area contributed by atoms with Crippen LogP contribution < -0.4 is 5.32 Å². The van der Waals surface area contributed by atoms with Crippen LogP contribution in [0, 0.1) is 0 Å². The summed E-state index contributed by atoms with van der Waals surface area (Å²) in [5.41, 5.74) is 1.32. The summed E-state index contributed by atoms with van der Waals surface area (Å²) in [4.78, 5) is 22.8. The zero-order chi connectivity index (χ0) is 14.8. The van der Waals surface area contributed by atoms with E-state index in [1.54, 1.807) is 13.0 Å². The number of benzene rings is 1. The number of esters is 1. The lowest BCUT2D eigenvalue weighted by molar-refractivity contribution is -0.138. The number of amides is 1. The Bertz CT molecular complexity index is 492. The standard InChI is InChI=1S/C16H19NO3/c1-3-20-16(19)13(2)11-12-17-15(18)10-9-14-7-5-4-6-8-14/h4-10H,2-3,11-12H2,1H3,(H,17,18)/b10-9+. The van der Waals surface area contributed by atoms with Crippen molar-refractivity contribution in [3.8, 4) is 0 Å². The predicted molar refractivity (Wildman–Crippen MR) is 78.9 cm³/mol. The molecule has 1 rings (SSSR count). The monoisotopic (exact) mass is 273 g/mol. The molecular weight excluding hydrogens is 254 g/mol. The molecule has 0 unspecified atom stereocenters. The van der Waals surface area contributed by atoms with Crippen molar-refractivity contribution >= 4 is 18.0 Å². The van der Waals surface area contributed by atoms with E-state index in [0.29, 0.717) is 25.1 Å². The number of hydrogen-bond acceptors (Lipinski definition) is 3. The highest BCUT2D eigenvalue weighted by Gasteiger charge is 2.07. The second-order valence-electron chi connectivity index (χ2n) is 4.11. The van der Waals surface area contributed by atoms with Crippen LogP contribution in [-0.2, 0) is 14.3 Å². The molecule has 0 aliphatic heterocycles. The zero-order valence-electron chi connectivity index (χ0n) is 11.6. The molecular formula is C16H19NO3. The molecule has 0 radical (unpaired) electrons. The van der Waals surface area contributed by atoms with Gasteiger partial charge < -0.3 is 10.1 Å². The summed E-state index contributed by atoms with van der Waals surface area (Å²) < 4.78 is 4.80. The molecule has 106 valence electrons. The van der Waals surface area contributed by atoms with Gasteiger partial charge in [-0.25, -0.2) is 4.79 Å². The molecule has 0 heterocycles. The van der Waals surface area contributed by atoms with Gasteiger partial charge in [0, 0.05) is 18.2 Å². The van der Waals surface area contributed by atoms with Crippen LogP contribution in [0.15, 0.2) is 48.6 Å². The summed E-state index contributed by atoms with van der Waals surface area (Å²) in [5.74, 6) is -0.618. The maximum absolute atomic E-state index is 11.5. The number of nitrogens with one attached hydrogen (secondary N) is 1. The molecule has 1 amide bonds. The Morgan fingerprint density at radius 3 is 2.65 bits per heavy atom. The minimum Gasteiger partial charge on any atom is -0.463 e. The lowest BCUT2D eigenvalue weighted by atomic mass is 10.2. The van der Waals surface area contributed by atoms with Crippen LogP contribution in [-0.4, -0.2) is 25.0 Å². The molecule has 1 N–H and O–H groups in total. The maximum Gasteiger partial charge on any atom is 0.333 e. The summed E-state index contributed by atoms with van der Waals surface area (Å²) in [5, 5.41) is 2.69. The van der Waals surface area contributed by atoms with Crippen LogP contribution in [0.4, 0.5) is 0 Å². The molecule has 4 heteroatoms. The number of carbonyl (C=O) groups excluding carboxylic acids is 2. The fourth-order valence-electron chi connectivity index (χ4n) is 1.47. The third kappa shape index (κ3) is 6.00. The SMILES string of the molecule is C=C(CCNC(=O)/C=C/c1ccccc1)C(=O)OCC. The van der Waals surface area contributed by atoms with Crippen molar-refractivity contribution in [1.82, 2.24) is 5.32 Å². The molecule has 0 atom stereocenters. The molecule has 0 spiro atoms. The van der Waals surface area contributed by atoms with E-state index in [-0.39, 0.29) is 5.91 Å². The lowest BCUT2D eigenvalue weighted by Gasteiger charge is -2.05. The van der Waals surface area contributed by atoms with E-state index in [1.807, 2.05) is 30.3 Å². The van der Waals surface area contributed by atoms with Gasteiger partial charge in [-0.2, -0.15) is 0 Å². The predicted octanol–water partition coefficient (Wildman–Crippen LogP) is 2.33. The van der Waals surface area contributed by atoms with Crippen molar-refractivity contribution in [2.24, 2.45) is 0 Å². The minimum atomic E-state index is -0.415. The molecule has 4 nitrogen and oxygen atoms in total. The molecule has 0 saturated carbocycles. The second kappa shape index (κ2) is 8.69. The van der Waals surface area contributed by atoms with E-state index in [0.717, 1.165) is 5.56 Å². The van der Waals surface area contributed by atoms with Gasteiger partial charge in [0.1, 0.15) is 0 Å². The van der Waals surface area contributed by atoms with Gasteiger partial charge in [0.25, 0.3) is 0 Å². The fraction of sp³-hybridized carbons (Fsp3) is 0.250. The van der Waals surface area contributed by atoms with Gasteiger partial charge >= 0.3 is 5.97 Å². The first-order chi connectivity index (χ1) is 9.63. The van der Waals surface area contributed by atoms with Gasteiger partial charge in [0.15, 0.2) is 0 Å². The molecule has 1 aromatic rings. The first-order valence-electron chi connectivity index (χ1n) is 6.49. The van der Waals surface area contributed by atoms with Crippen LogP contribution in [0.25, 0.3) is 6.08 Å². The Kier molecular flexibility index (Phi) is 6.82. The Morgan fingerprint density at radius 2 is 2.00 bits per heavy atom. The lowest BCUT2D eigenvalue weighted by Crippen LogP contribution is -2.23. The van der Waals surface area contributed by atoms with E-state index in [4.69, 9.17) is 4.74 Å². The average molecular weight is 273 g/mol. The number of carbonyl (C=O) groups is 2. The summed E-state index contributed by atoms with van der Waals surface area (Å²) in [6.45, 7) is 6.04. The largest absolute Gasteiger partial charge is 0.463 e. The van der Waals surface area contributed by atoms with E-state index in [9.17, 15) is 9.59 Å². The fourth-order valence-corrected chi connectivity index (χ4v) is 1.47. The van der Waals surface area contributed by atoms with E-state index in [1.165, 1.54) is 6.08 Å². The number of rotatable bonds is 7. The van der Waals surface area contributed by atoms with Crippen LogP contribution in [0.3, 0.4) is 0 Å². The Morgan fingerprint density at radius 1 is 1.30 bits per heavy atom. The third-order valence-electron chi connectivity index (χ3n) is 2.52. The summed E-state index contributed by atoms with van der Waals surface area (Å²) in [7, 11) is 0. The Hall–Kier alpha value is -2.36. The van der Waals surface area contributed by atoms with Gasteiger partial charge in [-0.1, -0.05) is 36.9 Å². The van der Waals surface area contributed by atoms with Crippen molar-refractivity contribution in [2.45, 2.75) is 13.3 Å². The van der Waals surface area contributed by atoms with Gasteiger partial charge in [0.2, 0.25) is 5.91 Å².